The molecule has 0 saturated heterocycles. The molecule has 2 aromatic carbocycles. The summed E-state index contributed by atoms with van der Waals surface area (Å²) >= 11 is 3.37. The van der Waals surface area contributed by atoms with Crippen molar-refractivity contribution in [1.82, 2.24) is 4.57 Å². The summed E-state index contributed by atoms with van der Waals surface area (Å²) in [7, 11) is -0.273. The van der Waals surface area contributed by atoms with Gasteiger partial charge in [-0.15, -0.1) is 0 Å². The number of hydrogen-bond donors (Lipinski definition) is 0. The molecule has 23 heavy (non-hydrogen) atoms. The van der Waals surface area contributed by atoms with Crippen molar-refractivity contribution < 1.29 is 13.2 Å². The second kappa shape index (κ2) is 5.69. The average molecular weight is 394 g/mol. The monoisotopic (exact) mass is 393 g/mol. The second-order valence-corrected chi connectivity index (χ2v) is 8.17. The van der Waals surface area contributed by atoms with Crippen molar-refractivity contribution >= 4 is 36.7 Å². The highest BCUT2D eigenvalue weighted by molar-refractivity contribution is 9.10. The average Bonchev–Trinajstić information content (AvgIpc) is 2.85. The molecule has 6 heteroatoms. The number of ether oxygens (including phenoxy) is 1. The van der Waals surface area contributed by atoms with Crippen molar-refractivity contribution in [3.05, 3.63) is 52.6 Å². The van der Waals surface area contributed by atoms with Gasteiger partial charge in [-0.05, 0) is 42.8 Å². The SMILES string of the molecule is COc1cccc2c1c(S(=O)(=O)c1ccc(Br)cc1C)cn2C. The van der Waals surface area contributed by atoms with Gasteiger partial charge in [-0.2, -0.15) is 0 Å². The smallest absolute Gasteiger partial charge is 0.209 e. The number of nitrogens with zero attached hydrogens (tertiary/aromatic N) is 1. The van der Waals surface area contributed by atoms with Crippen LogP contribution in [0, 0.1) is 6.92 Å². The van der Waals surface area contributed by atoms with Crippen LogP contribution in [0.2, 0.25) is 0 Å². The van der Waals surface area contributed by atoms with Crippen LogP contribution in [0.15, 0.2) is 56.9 Å². The van der Waals surface area contributed by atoms with Crippen molar-refractivity contribution in [2.75, 3.05) is 7.11 Å². The van der Waals surface area contributed by atoms with E-state index in [-0.39, 0.29) is 4.90 Å². The minimum atomic E-state index is -3.65. The molecule has 0 radical (unpaired) electrons. The molecule has 0 atom stereocenters. The van der Waals surface area contributed by atoms with E-state index in [1.807, 2.05) is 19.2 Å². The van der Waals surface area contributed by atoms with Crippen LogP contribution in [0.5, 0.6) is 5.75 Å². The molecule has 0 aliphatic heterocycles. The van der Waals surface area contributed by atoms with Crippen molar-refractivity contribution in [2.45, 2.75) is 16.7 Å². The Bertz CT molecular complexity index is 1010. The van der Waals surface area contributed by atoms with Crippen molar-refractivity contribution in [1.29, 1.82) is 0 Å². The minimum absolute atomic E-state index is 0.262. The van der Waals surface area contributed by atoms with Crippen LogP contribution in [0.3, 0.4) is 0 Å². The largest absolute Gasteiger partial charge is 0.496 e. The van der Waals surface area contributed by atoms with Gasteiger partial charge in [0, 0.05) is 17.7 Å². The Labute approximate surface area is 143 Å². The molecule has 0 N–H and O–H groups in total. The molecule has 0 fully saturated rings. The lowest BCUT2D eigenvalue weighted by molar-refractivity contribution is 0.419. The fourth-order valence-electron chi connectivity index (χ4n) is 2.78. The first kappa shape index (κ1) is 16.1. The van der Waals surface area contributed by atoms with E-state index in [0.717, 1.165) is 9.99 Å². The predicted octanol–water partition coefficient (Wildman–Crippen LogP) is 4.09. The Kier molecular flexibility index (Phi) is 3.98. The maximum atomic E-state index is 13.2. The van der Waals surface area contributed by atoms with Gasteiger partial charge in [-0.3, -0.25) is 0 Å². The number of aromatic nitrogens is 1. The highest BCUT2D eigenvalue weighted by Gasteiger charge is 2.26. The molecule has 1 heterocycles. The molecule has 0 unspecified atom stereocenters. The van der Waals surface area contributed by atoms with Crippen molar-refractivity contribution in [3.63, 3.8) is 0 Å². The number of rotatable bonds is 3. The molecule has 0 saturated carbocycles. The third-order valence-electron chi connectivity index (χ3n) is 3.88. The summed E-state index contributed by atoms with van der Waals surface area (Å²) in [4.78, 5) is 0.567. The lowest BCUT2D eigenvalue weighted by Gasteiger charge is -2.09. The first-order valence-corrected chi connectivity index (χ1v) is 9.27. The van der Waals surface area contributed by atoms with Gasteiger partial charge >= 0.3 is 0 Å². The lowest BCUT2D eigenvalue weighted by atomic mass is 10.2. The molecule has 4 nitrogen and oxygen atoms in total. The number of methoxy groups -OCH3 is 1. The van der Waals surface area contributed by atoms with E-state index in [1.165, 1.54) is 0 Å². The minimum Gasteiger partial charge on any atom is -0.496 e. The van der Waals surface area contributed by atoms with Gasteiger partial charge in [-0.25, -0.2) is 8.42 Å². The van der Waals surface area contributed by atoms with Crippen LogP contribution in [0.1, 0.15) is 5.56 Å². The summed E-state index contributed by atoms with van der Waals surface area (Å²) in [6.45, 7) is 1.79. The summed E-state index contributed by atoms with van der Waals surface area (Å²) in [5, 5.41) is 0.611. The van der Waals surface area contributed by atoms with Crippen LogP contribution in [0.4, 0.5) is 0 Å². The molecule has 0 aliphatic rings. The fraction of sp³-hybridized carbons (Fsp3) is 0.176. The third-order valence-corrected chi connectivity index (χ3v) is 6.30. The maximum absolute atomic E-state index is 13.2. The summed E-state index contributed by atoms with van der Waals surface area (Å²) in [6, 6.07) is 10.7. The number of aryl methyl sites for hydroxylation is 2. The summed E-state index contributed by atoms with van der Waals surface area (Å²) in [5.41, 5.74) is 1.52. The first-order valence-electron chi connectivity index (χ1n) is 6.99. The Morgan fingerprint density at radius 3 is 2.52 bits per heavy atom. The zero-order chi connectivity index (χ0) is 16.8. The first-order chi connectivity index (χ1) is 10.9. The van der Waals surface area contributed by atoms with Crippen LogP contribution in [0.25, 0.3) is 10.9 Å². The molecule has 3 aromatic rings. The number of sulfone groups is 1. The molecule has 120 valence electrons. The van der Waals surface area contributed by atoms with Gasteiger partial charge in [-0.1, -0.05) is 22.0 Å². The Morgan fingerprint density at radius 2 is 1.87 bits per heavy atom. The predicted molar refractivity (Wildman–Crippen MR) is 93.8 cm³/mol. The number of halogens is 1. The van der Waals surface area contributed by atoms with Crippen molar-refractivity contribution in [2.24, 2.45) is 7.05 Å². The van der Waals surface area contributed by atoms with E-state index in [4.69, 9.17) is 4.74 Å². The fourth-order valence-corrected chi connectivity index (χ4v) is 4.99. The summed E-state index contributed by atoms with van der Waals surface area (Å²) < 4.78 is 34.4. The second-order valence-electron chi connectivity index (χ2n) is 5.37. The van der Waals surface area contributed by atoms with Crippen LogP contribution < -0.4 is 4.74 Å². The van der Waals surface area contributed by atoms with Gasteiger partial charge in [0.1, 0.15) is 10.6 Å². The normalized spacial score (nSPS) is 11.8. The number of hydrogen-bond acceptors (Lipinski definition) is 3. The molecule has 3 rings (SSSR count). The van der Waals surface area contributed by atoms with E-state index < -0.39 is 9.84 Å². The standard InChI is InChI=1S/C17H16BrNO3S/c1-11-9-12(18)7-8-15(11)23(20,21)16-10-19(2)13-5-4-6-14(22-3)17(13)16/h4-10H,1-3H3. The van der Waals surface area contributed by atoms with Crippen LogP contribution in [-0.4, -0.2) is 20.1 Å². The topological polar surface area (TPSA) is 48.3 Å². The summed E-state index contributed by atoms with van der Waals surface area (Å²) in [6.07, 6.45) is 1.64. The molecule has 1 aromatic heterocycles. The molecule has 0 spiro atoms. The third kappa shape index (κ3) is 2.56. The quantitative estimate of drug-likeness (QED) is 0.672. The van der Waals surface area contributed by atoms with Gasteiger partial charge < -0.3 is 9.30 Å². The van der Waals surface area contributed by atoms with E-state index in [2.05, 4.69) is 15.9 Å². The highest BCUT2D eigenvalue weighted by atomic mass is 79.9. The lowest BCUT2D eigenvalue weighted by Crippen LogP contribution is -2.04. The zero-order valence-electron chi connectivity index (χ0n) is 13.0. The van der Waals surface area contributed by atoms with E-state index in [0.29, 0.717) is 21.6 Å². The number of benzene rings is 2. The van der Waals surface area contributed by atoms with E-state index in [9.17, 15) is 8.42 Å². The van der Waals surface area contributed by atoms with Gasteiger partial charge in [0.25, 0.3) is 0 Å². The van der Waals surface area contributed by atoms with Gasteiger partial charge in [0.2, 0.25) is 9.84 Å². The van der Waals surface area contributed by atoms with E-state index in [1.54, 1.807) is 49.1 Å². The Morgan fingerprint density at radius 1 is 1.13 bits per heavy atom. The summed E-state index contributed by atoms with van der Waals surface area (Å²) in [5.74, 6) is 0.552. The molecular weight excluding hydrogens is 378 g/mol. The van der Waals surface area contributed by atoms with Crippen molar-refractivity contribution in [3.8, 4) is 5.75 Å². The highest BCUT2D eigenvalue weighted by Crippen LogP contribution is 2.36. The maximum Gasteiger partial charge on any atom is 0.209 e. The van der Waals surface area contributed by atoms with Crippen LogP contribution in [-0.2, 0) is 16.9 Å². The van der Waals surface area contributed by atoms with E-state index >= 15 is 0 Å². The van der Waals surface area contributed by atoms with Crippen LogP contribution >= 0.6 is 15.9 Å². The zero-order valence-corrected chi connectivity index (χ0v) is 15.4. The Hall–Kier alpha value is -1.79. The number of fused-ring (bicyclic) bond motifs is 1. The molecular formula is C17H16BrNO3S. The Balaban J connectivity index is 2.35. The molecule has 0 aliphatic carbocycles. The molecule has 0 bridgehead atoms. The molecule has 0 amide bonds. The van der Waals surface area contributed by atoms with Gasteiger partial charge in [0.05, 0.1) is 22.9 Å². The van der Waals surface area contributed by atoms with Gasteiger partial charge in [0.15, 0.2) is 0 Å².